The fourth-order valence-electron chi connectivity index (χ4n) is 3.85. The van der Waals surface area contributed by atoms with Gasteiger partial charge in [0.05, 0.1) is 63.8 Å². The van der Waals surface area contributed by atoms with Crippen molar-refractivity contribution >= 4 is 87.1 Å². The summed E-state index contributed by atoms with van der Waals surface area (Å²) in [5, 5.41) is 34.2. The van der Waals surface area contributed by atoms with Gasteiger partial charge in [-0.05, 0) is 35.2 Å². The number of aromatic carboxylic acids is 1. The molecular weight excluding hydrogens is 1010 g/mol. The molecule has 0 saturated carbocycles. The maximum Gasteiger partial charge on any atom is 0.416 e. The number of nitrogens with zero attached hydrogens (tertiary/aromatic N) is 5. The molecule has 0 aliphatic heterocycles. The molecule has 2 aromatic carbocycles. The van der Waals surface area contributed by atoms with Crippen LogP contribution in [0.1, 0.15) is 15.9 Å². The zero-order valence-electron chi connectivity index (χ0n) is 32.5. The van der Waals surface area contributed by atoms with Crippen molar-refractivity contribution in [2.45, 2.75) is 24.3 Å². The molecule has 0 spiro atoms. The Morgan fingerprint density at radius 1 is 1.00 bits per heavy atom. The SMILES string of the molecule is C[S+](C)C.Nc1c([N+](=O)[O-])cnn1-c1c(Cl)cc(C(F)(F)F)cc1Cl.O=C(Nc1nc(OC(F)F)cc(OC(F)F)n1)NS(=O)(=O)c1ccccc1C(=O)O.O=C(O)CNCP(=O)([O-])O. The molecule has 35 heteroatoms. The van der Waals surface area contributed by atoms with Crippen molar-refractivity contribution in [3.05, 3.63) is 79.9 Å². The van der Waals surface area contributed by atoms with E-state index >= 15 is 0 Å². The number of carbonyl (C=O) groups is 3. The normalized spacial score (nSPS) is 12.0. The average Bonchev–Trinajstić information content (AvgIpc) is 3.50. The van der Waals surface area contributed by atoms with Crippen LogP contribution in [0.15, 0.2) is 53.6 Å². The highest BCUT2D eigenvalue weighted by Crippen LogP contribution is 2.39. The van der Waals surface area contributed by atoms with Gasteiger partial charge >= 0.3 is 43.1 Å². The Balaban J connectivity index is 0.000000520. The van der Waals surface area contributed by atoms with Crippen LogP contribution in [-0.4, -0.2) is 111 Å². The van der Waals surface area contributed by atoms with Gasteiger partial charge in [-0.3, -0.25) is 25.5 Å². The molecule has 8 N–H and O–H groups in total. The van der Waals surface area contributed by atoms with Crippen molar-refractivity contribution in [2.75, 3.05) is 42.6 Å². The number of alkyl halides is 7. The molecule has 0 radical (unpaired) electrons. The van der Waals surface area contributed by atoms with Gasteiger partial charge in [-0.25, -0.2) is 27.4 Å². The van der Waals surface area contributed by atoms with Gasteiger partial charge in [-0.2, -0.15) is 45.8 Å². The number of halogens is 9. The summed E-state index contributed by atoms with van der Waals surface area (Å²) in [6.07, 6.45) is 2.09. The van der Waals surface area contributed by atoms with Crippen molar-refractivity contribution < 1.29 is 92.5 Å². The molecule has 23 nitrogen and oxygen atoms in total. The zero-order valence-corrected chi connectivity index (χ0v) is 36.5. The molecule has 0 saturated heterocycles. The number of benzene rings is 2. The van der Waals surface area contributed by atoms with Crippen LogP contribution in [0.2, 0.25) is 10.0 Å². The third-order valence-corrected chi connectivity index (χ3v) is 8.67. The van der Waals surface area contributed by atoms with E-state index in [-0.39, 0.29) is 15.7 Å². The van der Waals surface area contributed by atoms with Gasteiger partial charge in [0, 0.05) is 0 Å². The predicted molar refractivity (Wildman–Crippen MR) is 213 cm³/mol. The number of amides is 2. The number of aliphatic carboxylic acids is 1. The fourth-order valence-corrected chi connectivity index (χ4v) is 6.00. The molecular formula is C30H31Cl2F7N9O14PS2. The monoisotopic (exact) mass is 1040 g/mol. The minimum absolute atomic E-state index is 0.170. The summed E-state index contributed by atoms with van der Waals surface area (Å²) in [5.74, 6) is -6.03. The molecule has 1 atom stereocenters. The predicted octanol–water partition coefficient (Wildman–Crippen LogP) is 4.23. The Labute approximate surface area is 372 Å². The minimum Gasteiger partial charge on any atom is -0.778 e. The van der Waals surface area contributed by atoms with E-state index in [2.05, 4.69) is 43.3 Å². The lowest BCUT2D eigenvalue weighted by Crippen LogP contribution is -2.35. The first-order valence-corrected chi connectivity index (χ1v) is 22.6. The van der Waals surface area contributed by atoms with Crippen LogP contribution in [0.4, 0.5) is 53.0 Å². The number of rotatable bonds is 14. The Morgan fingerprint density at radius 3 is 1.89 bits per heavy atom. The van der Waals surface area contributed by atoms with Crippen LogP contribution in [-0.2, 0) is 36.5 Å². The number of nitrogen functional groups attached to an aromatic ring is 1. The van der Waals surface area contributed by atoms with Crippen LogP contribution >= 0.6 is 30.8 Å². The zero-order chi connectivity index (χ0) is 50.2. The number of nitro groups is 1. The smallest absolute Gasteiger partial charge is 0.416 e. The topological polar surface area (TPSA) is 353 Å². The van der Waals surface area contributed by atoms with Gasteiger partial charge in [0.1, 0.15) is 24.4 Å². The Kier molecular flexibility index (Phi) is 22.1. The van der Waals surface area contributed by atoms with Gasteiger partial charge in [0.25, 0.3) is 10.0 Å². The molecule has 0 bridgehead atoms. The third kappa shape index (κ3) is 20.7. The van der Waals surface area contributed by atoms with Gasteiger partial charge < -0.3 is 39.8 Å². The number of urea groups is 1. The molecule has 0 aliphatic rings. The molecule has 0 aliphatic carbocycles. The van der Waals surface area contributed by atoms with Crippen LogP contribution in [0.25, 0.3) is 5.69 Å². The van der Waals surface area contributed by atoms with E-state index in [0.717, 1.165) is 23.0 Å². The van der Waals surface area contributed by atoms with Gasteiger partial charge in [-0.15, -0.1) is 0 Å². The number of hydrogen-bond donors (Lipinski definition) is 7. The van der Waals surface area contributed by atoms with E-state index in [9.17, 15) is 73.1 Å². The summed E-state index contributed by atoms with van der Waals surface area (Å²) in [4.78, 5) is 66.5. The van der Waals surface area contributed by atoms with Crippen LogP contribution in [0, 0.1) is 10.1 Å². The number of ether oxygens (including phenoxy) is 2. The van der Waals surface area contributed by atoms with E-state index in [0.29, 0.717) is 29.1 Å². The second kappa shape index (κ2) is 25.1. The number of sulfonamides is 1. The molecule has 65 heavy (non-hydrogen) atoms. The molecule has 2 aromatic heterocycles. The summed E-state index contributed by atoms with van der Waals surface area (Å²) in [6, 6.07) is 4.49. The quantitative estimate of drug-likeness (QED) is 0.0305. The highest BCUT2D eigenvalue weighted by atomic mass is 35.5. The fraction of sp³-hybridized carbons (Fsp3) is 0.267. The lowest BCUT2D eigenvalue weighted by atomic mass is 10.2. The number of nitrogens with two attached hydrogens (primary N) is 1. The Bertz CT molecular complexity index is 2420. The number of carboxylic acids is 2. The number of hydrogen-bond acceptors (Lipinski definition) is 16. The molecule has 0 fully saturated rings. The second-order valence-corrected chi connectivity index (χ2v) is 18.2. The van der Waals surface area contributed by atoms with Gasteiger partial charge in [0.2, 0.25) is 23.5 Å². The Morgan fingerprint density at radius 2 is 1.49 bits per heavy atom. The number of aromatic nitrogens is 4. The van der Waals surface area contributed by atoms with Crippen LogP contribution < -0.4 is 35.5 Å². The van der Waals surface area contributed by atoms with Gasteiger partial charge in [-0.1, -0.05) is 35.3 Å². The summed E-state index contributed by atoms with van der Waals surface area (Å²) >= 11 is 11.5. The molecule has 4 rings (SSSR count). The first kappa shape index (κ1) is 57.3. The molecule has 2 heterocycles. The van der Waals surface area contributed by atoms with Crippen molar-refractivity contribution in [3.8, 4) is 17.4 Å². The summed E-state index contributed by atoms with van der Waals surface area (Å²) in [7, 11) is -8.42. The van der Waals surface area contributed by atoms with E-state index in [1.165, 1.54) is 16.9 Å². The van der Waals surface area contributed by atoms with E-state index in [4.69, 9.17) is 44.0 Å². The van der Waals surface area contributed by atoms with Gasteiger partial charge in [0.15, 0.2) is 0 Å². The molecule has 4 aromatic rings. The first-order valence-electron chi connectivity index (χ1n) is 16.2. The average molecular weight is 1040 g/mol. The van der Waals surface area contributed by atoms with Crippen LogP contribution in [0.3, 0.4) is 0 Å². The summed E-state index contributed by atoms with van der Waals surface area (Å²) < 4.78 is 132. The summed E-state index contributed by atoms with van der Waals surface area (Å²) in [5.41, 5.74) is 3.14. The summed E-state index contributed by atoms with van der Waals surface area (Å²) in [6.45, 7) is -7.30. The number of anilines is 2. The van der Waals surface area contributed by atoms with Crippen LogP contribution in [0.5, 0.6) is 11.8 Å². The van der Waals surface area contributed by atoms with E-state index < -0.39 is 118 Å². The van der Waals surface area contributed by atoms with Crippen molar-refractivity contribution in [2.24, 2.45) is 0 Å². The number of carboxylic acid groups (broad SMARTS) is 2. The third-order valence-electron chi connectivity index (χ3n) is 6.08. The van der Waals surface area contributed by atoms with Crippen molar-refractivity contribution in [3.63, 3.8) is 0 Å². The Hall–Kier alpha value is -5.76. The minimum atomic E-state index is -4.71. The lowest BCUT2D eigenvalue weighted by molar-refractivity contribution is -0.383. The first-order chi connectivity index (χ1) is 29.7. The largest absolute Gasteiger partial charge is 0.778 e. The lowest BCUT2D eigenvalue weighted by Gasteiger charge is -2.14. The van der Waals surface area contributed by atoms with E-state index in [1.807, 2.05) is 5.32 Å². The van der Waals surface area contributed by atoms with Crippen molar-refractivity contribution in [1.82, 2.24) is 29.8 Å². The number of nitrogens with one attached hydrogen (secondary N) is 3. The molecule has 360 valence electrons. The second-order valence-electron chi connectivity index (χ2n) is 11.7. The van der Waals surface area contributed by atoms with E-state index in [1.54, 1.807) is 5.32 Å². The number of carbonyl (C=O) groups excluding carboxylic acids is 1. The highest BCUT2D eigenvalue weighted by Gasteiger charge is 2.33. The maximum absolute atomic E-state index is 12.6. The highest BCUT2D eigenvalue weighted by molar-refractivity contribution is 7.94. The molecule has 2 amide bonds. The van der Waals surface area contributed by atoms with Crippen molar-refractivity contribution in [1.29, 1.82) is 0 Å². The standard InChI is InChI=1S/C14H10F4N4O7S.C10H5Cl2F3N4O2.C3H8NO5P.C3H9S/c15-11(16)28-8-5-9(29-12(17)18)20-13(19-8)21-14(25)22-30(26,27)7-4-2-1-3-6(7)10(23)24;11-5-1-4(10(13,14)15)2-6(12)8(5)18-9(16)7(3-17-18)19(20)21;5-3(6)1-4-2-10(7,8)9;1-4(2)3/h1-5,11-12H,(H,23,24)(H2,19,20,21,22,25);1-3H,16H2;4H,1-2H2,(H,5,6)(H2,7,8,9);1-3H3/q;;;+1/p-1. The maximum atomic E-state index is 12.6. The molecule has 1 unspecified atom stereocenters.